The fourth-order valence-corrected chi connectivity index (χ4v) is 12.0. The number of phosphoric acid groups is 2. The van der Waals surface area contributed by atoms with E-state index in [9.17, 15) is 43.2 Å². The highest BCUT2D eigenvalue weighted by molar-refractivity contribution is 7.47. The average molecular weight is 1300 g/mol. The van der Waals surface area contributed by atoms with Gasteiger partial charge in [-0.15, -0.1) is 0 Å². The summed E-state index contributed by atoms with van der Waals surface area (Å²) in [6.07, 6.45) is 45.8. The van der Waals surface area contributed by atoms with Crippen LogP contribution in [0.2, 0.25) is 0 Å². The van der Waals surface area contributed by atoms with Crippen LogP contribution in [-0.2, 0) is 65.4 Å². The van der Waals surface area contributed by atoms with Crippen molar-refractivity contribution in [3.8, 4) is 0 Å². The highest BCUT2D eigenvalue weighted by Gasteiger charge is 2.30. The molecule has 5 atom stereocenters. The Morgan fingerprint density at radius 1 is 0.307 bits per heavy atom. The van der Waals surface area contributed by atoms with Crippen LogP contribution >= 0.6 is 15.6 Å². The summed E-state index contributed by atoms with van der Waals surface area (Å²) in [6, 6.07) is 0. The molecule has 0 saturated heterocycles. The number of aliphatic hydroxyl groups is 1. The Balaban J connectivity index is 5.21. The van der Waals surface area contributed by atoms with Crippen LogP contribution in [0.25, 0.3) is 0 Å². The summed E-state index contributed by atoms with van der Waals surface area (Å²) < 4.78 is 68.1. The van der Waals surface area contributed by atoms with E-state index in [4.69, 9.17) is 37.0 Å². The highest BCUT2D eigenvalue weighted by Crippen LogP contribution is 2.45. The summed E-state index contributed by atoms with van der Waals surface area (Å²) >= 11 is 0. The standard InChI is InChI=1S/C69H134O17P2/c1-7-9-11-13-15-16-21-29-35-41-47-53-68(73)85-64(57-79-66(71)51-45-39-31-14-12-10-8-2)59-83-87(75,76)81-55-63(70)56-82-88(77,78)84-60-65(58-80-67(72)52-46-40-34-28-25-20-23-27-33-38-44-50-62(5)6)86-69(74)54-48-42-36-30-24-19-17-18-22-26-32-37-43-49-61(3)4/h61-65,70H,7-60H2,1-6H3,(H,75,76)(H,77,78)/t63-,64+,65+/m0/s1. The van der Waals surface area contributed by atoms with E-state index in [1.54, 1.807) is 0 Å². The van der Waals surface area contributed by atoms with Gasteiger partial charge >= 0.3 is 39.5 Å². The normalized spacial score (nSPS) is 14.2. The van der Waals surface area contributed by atoms with Gasteiger partial charge in [0.1, 0.15) is 19.3 Å². The van der Waals surface area contributed by atoms with E-state index in [0.717, 1.165) is 115 Å². The second-order valence-corrected chi connectivity index (χ2v) is 28.8. The maximum absolute atomic E-state index is 13.0. The van der Waals surface area contributed by atoms with Crippen molar-refractivity contribution in [3.63, 3.8) is 0 Å². The Kier molecular flexibility index (Phi) is 59.9. The second kappa shape index (κ2) is 61.3. The molecule has 0 amide bonds. The van der Waals surface area contributed by atoms with Crippen molar-refractivity contribution in [2.45, 2.75) is 368 Å². The highest BCUT2D eigenvalue weighted by atomic mass is 31.2. The first-order valence-corrected chi connectivity index (χ1v) is 39.0. The summed E-state index contributed by atoms with van der Waals surface area (Å²) in [4.78, 5) is 72.4. The minimum Gasteiger partial charge on any atom is -0.462 e. The van der Waals surface area contributed by atoms with Gasteiger partial charge in [-0.1, -0.05) is 298 Å². The number of aliphatic hydroxyl groups excluding tert-OH is 1. The third-order valence-corrected chi connectivity index (χ3v) is 17.9. The van der Waals surface area contributed by atoms with Crippen LogP contribution < -0.4 is 0 Å². The Morgan fingerprint density at radius 3 is 0.773 bits per heavy atom. The van der Waals surface area contributed by atoms with E-state index in [1.165, 1.54) is 154 Å². The number of rotatable bonds is 68. The van der Waals surface area contributed by atoms with Crippen LogP contribution in [-0.4, -0.2) is 96.7 Å². The molecule has 2 unspecified atom stereocenters. The van der Waals surface area contributed by atoms with E-state index in [-0.39, 0.29) is 25.7 Å². The first kappa shape index (κ1) is 86.1. The number of esters is 4. The number of phosphoric ester groups is 2. The fraction of sp³-hybridized carbons (Fsp3) is 0.942. The zero-order valence-electron chi connectivity index (χ0n) is 57.0. The smallest absolute Gasteiger partial charge is 0.462 e. The molecular formula is C69H134O17P2. The third-order valence-electron chi connectivity index (χ3n) is 16.0. The lowest BCUT2D eigenvalue weighted by atomic mass is 10.0. The van der Waals surface area contributed by atoms with Gasteiger partial charge in [-0.05, 0) is 37.5 Å². The zero-order valence-corrected chi connectivity index (χ0v) is 58.8. The molecule has 17 nitrogen and oxygen atoms in total. The monoisotopic (exact) mass is 1300 g/mol. The number of hydrogen-bond acceptors (Lipinski definition) is 15. The van der Waals surface area contributed by atoms with Crippen LogP contribution in [0.4, 0.5) is 0 Å². The van der Waals surface area contributed by atoms with Crippen molar-refractivity contribution in [3.05, 3.63) is 0 Å². The van der Waals surface area contributed by atoms with Crippen LogP contribution in [0.1, 0.15) is 350 Å². The van der Waals surface area contributed by atoms with Crippen molar-refractivity contribution in [2.24, 2.45) is 11.8 Å². The lowest BCUT2D eigenvalue weighted by Crippen LogP contribution is -2.30. The number of hydrogen-bond donors (Lipinski definition) is 3. The number of carbonyl (C=O) groups is 4. The van der Waals surface area contributed by atoms with Crippen molar-refractivity contribution >= 4 is 39.5 Å². The topological polar surface area (TPSA) is 237 Å². The van der Waals surface area contributed by atoms with Crippen LogP contribution in [0.5, 0.6) is 0 Å². The van der Waals surface area contributed by atoms with Crippen molar-refractivity contribution in [1.29, 1.82) is 0 Å². The summed E-state index contributed by atoms with van der Waals surface area (Å²) in [5.74, 6) is -0.571. The molecule has 0 heterocycles. The maximum Gasteiger partial charge on any atom is 0.472 e. The molecule has 3 N–H and O–H groups in total. The lowest BCUT2D eigenvalue weighted by molar-refractivity contribution is -0.161. The minimum absolute atomic E-state index is 0.106. The quantitative estimate of drug-likeness (QED) is 0.0222. The van der Waals surface area contributed by atoms with Gasteiger partial charge in [0.15, 0.2) is 12.2 Å². The maximum atomic E-state index is 13.0. The summed E-state index contributed by atoms with van der Waals surface area (Å²) in [6.45, 7) is 9.52. The molecule has 0 rings (SSSR count). The molecule has 0 aromatic heterocycles. The Bertz CT molecular complexity index is 1720. The summed E-state index contributed by atoms with van der Waals surface area (Å²) in [5, 5.41) is 10.6. The molecule has 19 heteroatoms. The molecule has 0 bridgehead atoms. The SMILES string of the molecule is CCCCCCCCCCCCCC(=O)O[C@H](COC(=O)CCCCCCCCC)COP(=O)(O)OC[C@H](O)COP(=O)(O)OC[C@@H](COC(=O)CCCCCCCCCCCCCC(C)C)OC(=O)CCCCCCCCCCCCCCCC(C)C. The number of carbonyl (C=O) groups excluding carboxylic acids is 4. The fourth-order valence-electron chi connectivity index (χ4n) is 10.4. The molecule has 522 valence electrons. The molecule has 0 aliphatic carbocycles. The molecule has 0 spiro atoms. The van der Waals surface area contributed by atoms with Crippen LogP contribution in [0.15, 0.2) is 0 Å². The molecular weight excluding hydrogens is 1160 g/mol. The van der Waals surface area contributed by atoms with Gasteiger partial charge in [-0.3, -0.25) is 37.3 Å². The summed E-state index contributed by atoms with van der Waals surface area (Å²) in [5.41, 5.74) is 0. The zero-order chi connectivity index (χ0) is 65.0. The van der Waals surface area contributed by atoms with Crippen LogP contribution in [0, 0.1) is 11.8 Å². The molecule has 0 radical (unpaired) electrons. The number of ether oxygens (including phenoxy) is 4. The lowest BCUT2D eigenvalue weighted by Gasteiger charge is -2.21. The molecule has 0 aromatic carbocycles. The molecule has 0 aromatic rings. The second-order valence-electron chi connectivity index (χ2n) is 25.9. The molecule has 0 fully saturated rings. The Hall–Kier alpha value is -1.94. The molecule has 0 saturated carbocycles. The van der Waals surface area contributed by atoms with E-state index < -0.39 is 97.5 Å². The van der Waals surface area contributed by atoms with Crippen molar-refractivity contribution in [2.75, 3.05) is 39.6 Å². The largest absolute Gasteiger partial charge is 0.472 e. The molecule has 0 aliphatic rings. The van der Waals surface area contributed by atoms with Gasteiger partial charge in [0.05, 0.1) is 26.4 Å². The van der Waals surface area contributed by atoms with E-state index in [0.29, 0.717) is 25.7 Å². The van der Waals surface area contributed by atoms with Gasteiger partial charge in [0, 0.05) is 25.7 Å². The predicted molar refractivity (Wildman–Crippen MR) is 354 cm³/mol. The van der Waals surface area contributed by atoms with Crippen molar-refractivity contribution < 1.29 is 80.2 Å². The van der Waals surface area contributed by atoms with Gasteiger partial charge in [0.2, 0.25) is 0 Å². The van der Waals surface area contributed by atoms with E-state index in [2.05, 4.69) is 41.5 Å². The first-order valence-electron chi connectivity index (χ1n) is 36.0. The van der Waals surface area contributed by atoms with Gasteiger partial charge in [0.25, 0.3) is 0 Å². The molecule has 88 heavy (non-hydrogen) atoms. The molecule has 0 aliphatic heterocycles. The first-order chi connectivity index (χ1) is 42.4. The van der Waals surface area contributed by atoms with Crippen LogP contribution in [0.3, 0.4) is 0 Å². The van der Waals surface area contributed by atoms with E-state index >= 15 is 0 Å². The summed E-state index contributed by atoms with van der Waals surface area (Å²) in [7, 11) is -9.89. The minimum atomic E-state index is -4.95. The van der Waals surface area contributed by atoms with Crippen molar-refractivity contribution in [1.82, 2.24) is 0 Å². The van der Waals surface area contributed by atoms with Gasteiger partial charge in [-0.2, -0.15) is 0 Å². The van der Waals surface area contributed by atoms with E-state index in [1.807, 2.05) is 0 Å². The Labute approximate surface area is 537 Å². The predicted octanol–water partition coefficient (Wildman–Crippen LogP) is 19.6. The van der Waals surface area contributed by atoms with Gasteiger partial charge < -0.3 is 33.8 Å². The van der Waals surface area contributed by atoms with Gasteiger partial charge in [-0.25, -0.2) is 9.13 Å². The third kappa shape index (κ3) is 62.8. The average Bonchev–Trinajstić information content (AvgIpc) is 3.57. The Morgan fingerprint density at radius 2 is 0.523 bits per heavy atom. The number of unbranched alkanes of at least 4 members (excludes halogenated alkanes) is 38.